The molecule has 0 amide bonds. The molecule has 0 bridgehead atoms. The second-order valence-corrected chi connectivity index (χ2v) is 33.2. The number of ketones is 1. The molecule has 0 aromatic carbocycles. The number of carbonyl (C=O) groups excluding carboxylic acids is 6. The van der Waals surface area contributed by atoms with Crippen LogP contribution in [0.15, 0.2) is 0 Å². The Morgan fingerprint density at radius 3 is 0.570 bits per heavy atom. The lowest BCUT2D eigenvalue weighted by molar-refractivity contribution is -0.194. The highest BCUT2D eigenvalue weighted by molar-refractivity contribution is 5.89. The molecule has 0 heterocycles. The second-order valence-electron chi connectivity index (χ2n) is 33.2. The minimum absolute atomic E-state index is 0.0265. The van der Waals surface area contributed by atoms with Crippen molar-refractivity contribution in [1.82, 2.24) is 0 Å². The van der Waals surface area contributed by atoms with E-state index in [-0.39, 0.29) is 32.1 Å². The second kappa shape index (κ2) is 87.0. The number of esters is 5. The number of hydrogen-bond acceptors (Lipinski definition) is 11. The highest BCUT2D eigenvalue weighted by Gasteiger charge is 2.43. The summed E-state index contributed by atoms with van der Waals surface area (Å²) in [5, 5.41) is 0. The average Bonchev–Trinajstić information content (AvgIpc) is 0.833. The lowest BCUT2D eigenvalue weighted by atomic mass is 10.0. The zero-order valence-corrected chi connectivity index (χ0v) is 72.2. The van der Waals surface area contributed by atoms with Crippen molar-refractivity contribution in [2.24, 2.45) is 0 Å². The molecular weight excluding hydrogens is 1330 g/mol. The van der Waals surface area contributed by atoms with E-state index in [1.807, 2.05) is 0 Å². The summed E-state index contributed by atoms with van der Waals surface area (Å²) in [6.07, 6.45) is 84.8. The summed E-state index contributed by atoms with van der Waals surface area (Å²) < 4.78 is 30.4. The van der Waals surface area contributed by atoms with Crippen molar-refractivity contribution in [2.45, 2.75) is 567 Å². The van der Waals surface area contributed by atoms with E-state index in [0.717, 1.165) is 109 Å². The van der Waals surface area contributed by atoms with E-state index in [1.165, 1.54) is 340 Å². The summed E-state index contributed by atoms with van der Waals surface area (Å²) in [6, 6.07) is 0. The molecule has 0 saturated heterocycles. The number of rotatable bonds is 90. The predicted molar refractivity (Wildman–Crippen MR) is 454 cm³/mol. The van der Waals surface area contributed by atoms with E-state index in [2.05, 4.69) is 34.6 Å². The molecule has 0 spiro atoms. The standard InChI is InChI=1S/C96H182O11/c1-6-11-16-21-26-31-36-41-46-51-56-61-66-71-76-81-90(98)103-86-88(97)95(106-93(101)84-79-74-69-64-59-54-49-44-39-34-29-24-19-14-9-4)96(107-94(102)85-80-75-70-65-60-55-50-45-40-35-30-25-20-15-10-5)89(105-92(100)83-78-73-68-63-58-53-48-43-38-33-28-23-18-13-8-3)87-104-91(99)82-77-72-67-62-57-52-47-42-37-32-27-22-17-12-7-2/h89,95-96H,6-87H2,1-5H3. The molecule has 3 unspecified atom stereocenters. The number of ether oxygens (including phenoxy) is 5. The van der Waals surface area contributed by atoms with Crippen molar-refractivity contribution in [3.63, 3.8) is 0 Å². The van der Waals surface area contributed by atoms with Gasteiger partial charge in [-0.15, -0.1) is 0 Å². The summed E-state index contributed by atoms with van der Waals surface area (Å²) in [7, 11) is 0. The summed E-state index contributed by atoms with van der Waals surface area (Å²) >= 11 is 0. The van der Waals surface area contributed by atoms with Crippen molar-refractivity contribution in [2.75, 3.05) is 13.2 Å². The minimum Gasteiger partial charge on any atom is -0.462 e. The van der Waals surface area contributed by atoms with Crippen LogP contribution < -0.4 is 0 Å². The first kappa shape index (κ1) is 104. The molecule has 0 aliphatic rings. The fourth-order valence-corrected chi connectivity index (χ4v) is 15.2. The Labute approximate surface area is 664 Å². The Bertz CT molecular complexity index is 1890. The lowest BCUT2D eigenvalue weighted by Crippen LogP contribution is -2.52. The first-order valence-corrected chi connectivity index (χ1v) is 48.1. The topological polar surface area (TPSA) is 149 Å². The van der Waals surface area contributed by atoms with Crippen LogP contribution in [0.4, 0.5) is 0 Å². The van der Waals surface area contributed by atoms with Gasteiger partial charge in [0.1, 0.15) is 6.61 Å². The monoisotopic (exact) mass is 1510 g/mol. The zero-order chi connectivity index (χ0) is 77.7. The molecule has 0 aliphatic heterocycles. The molecule has 0 N–H and O–H groups in total. The number of hydrogen-bond donors (Lipinski definition) is 0. The van der Waals surface area contributed by atoms with Gasteiger partial charge >= 0.3 is 29.8 Å². The summed E-state index contributed by atoms with van der Waals surface area (Å²) in [5.74, 6) is -3.64. The van der Waals surface area contributed by atoms with E-state index >= 15 is 0 Å². The van der Waals surface area contributed by atoms with Crippen molar-refractivity contribution in [3.05, 3.63) is 0 Å². The lowest BCUT2D eigenvalue weighted by Gasteiger charge is -2.31. The van der Waals surface area contributed by atoms with Gasteiger partial charge < -0.3 is 23.7 Å². The van der Waals surface area contributed by atoms with E-state index < -0.39 is 67.2 Å². The molecule has 0 aromatic rings. The SMILES string of the molecule is CCCCCCCCCCCCCCCCCC(=O)OCC(=O)C(OC(=O)CCCCCCCCCCCCCCCCC)C(OC(=O)CCCCCCCCCCCCCCCCC)C(COC(=O)CCCCCCCCCCCCCCCCC)OC(=O)CCCCCCCCCCCCCCCCC. The molecule has 11 nitrogen and oxygen atoms in total. The van der Waals surface area contributed by atoms with Gasteiger partial charge in [-0.2, -0.15) is 0 Å². The molecular formula is C96H182O11. The fourth-order valence-electron chi connectivity index (χ4n) is 15.2. The normalized spacial score (nSPS) is 12.3. The quantitative estimate of drug-likeness (QED) is 0.0325. The van der Waals surface area contributed by atoms with Crippen molar-refractivity contribution in [3.8, 4) is 0 Å². The maximum atomic E-state index is 14.9. The van der Waals surface area contributed by atoms with Gasteiger partial charge in [-0.05, 0) is 32.1 Å². The van der Waals surface area contributed by atoms with Gasteiger partial charge in [0.25, 0.3) is 0 Å². The maximum Gasteiger partial charge on any atom is 0.306 e. The Kier molecular flexibility index (Phi) is 84.6. The van der Waals surface area contributed by atoms with Gasteiger partial charge in [0, 0.05) is 32.1 Å². The van der Waals surface area contributed by atoms with Gasteiger partial charge in [-0.3, -0.25) is 28.8 Å². The molecule has 107 heavy (non-hydrogen) atoms. The van der Waals surface area contributed by atoms with E-state index in [0.29, 0.717) is 32.1 Å². The molecule has 3 atom stereocenters. The van der Waals surface area contributed by atoms with Crippen molar-refractivity contribution < 1.29 is 52.5 Å². The molecule has 0 radical (unpaired) electrons. The number of Topliss-reactive ketones (excluding diaryl/α,β-unsaturated/α-hetero) is 1. The third-order valence-electron chi connectivity index (χ3n) is 22.5. The van der Waals surface area contributed by atoms with Crippen LogP contribution in [0.3, 0.4) is 0 Å². The molecule has 632 valence electrons. The van der Waals surface area contributed by atoms with Crippen LogP contribution in [-0.2, 0) is 52.5 Å². The van der Waals surface area contributed by atoms with Crippen LogP contribution in [0, 0.1) is 0 Å². The third-order valence-corrected chi connectivity index (χ3v) is 22.5. The van der Waals surface area contributed by atoms with Crippen molar-refractivity contribution in [1.29, 1.82) is 0 Å². The third kappa shape index (κ3) is 78.1. The summed E-state index contributed by atoms with van der Waals surface area (Å²) in [4.78, 5) is 84.8. The highest BCUT2D eigenvalue weighted by Crippen LogP contribution is 2.25. The largest absolute Gasteiger partial charge is 0.462 e. The minimum atomic E-state index is -1.79. The van der Waals surface area contributed by atoms with E-state index in [9.17, 15) is 28.8 Å². The van der Waals surface area contributed by atoms with Gasteiger partial charge in [0.05, 0.1) is 0 Å². The fraction of sp³-hybridized carbons (Fsp3) is 0.938. The van der Waals surface area contributed by atoms with Crippen LogP contribution in [-0.4, -0.2) is 67.2 Å². The van der Waals surface area contributed by atoms with E-state index in [4.69, 9.17) is 23.7 Å². The maximum absolute atomic E-state index is 14.9. The highest BCUT2D eigenvalue weighted by atomic mass is 16.6. The zero-order valence-electron chi connectivity index (χ0n) is 72.2. The smallest absolute Gasteiger partial charge is 0.306 e. The molecule has 0 aromatic heterocycles. The van der Waals surface area contributed by atoms with Gasteiger partial charge in [-0.25, -0.2) is 0 Å². The van der Waals surface area contributed by atoms with Gasteiger partial charge in [0.15, 0.2) is 18.8 Å². The summed E-state index contributed by atoms with van der Waals surface area (Å²) in [5.41, 5.74) is 0. The number of unbranched alkanes of at least 4 members (excludes halogenated alkanes) is 70. The van der Waals surface area contributed by atoms with Crippen LogP contribution in [0.2, 0.25) is 0 Å². The van der Waals surface area contributed by atoms with Crippen LogP contribution in [0.5, 0.6) is 0 Å². The molecule has 0 rings (SSSR count). The predicted octanol–water partition coefficient (Wildman–Crippen LogP) is 30.7. The molecule has 0 saturated carbocycles. The summed E-state index contributed by atoms with van der Waals surface area (Å²) in [6.45, 7) is 10.1. The van der Waals surface area contributed by atoms with Crippen LogP contribution >= 0.6 is 0 Å². The van der Waals surface area contributed by atoms with E-state index in [1.54, 1.807) is 0 Å². The van der Waals surface area contributed by atoms with Crippen molar-refractivity contribution >= 4 is 35.6 Å². The van der Waals surface area contributed by atoms with Crippen LogP contribution in [0.1, 0.15) is 548 Å². The first-order valence-electron chi connectivity index (χ1n) is 48.1. The van der Waals surface area contributed by atoms with Crippen LogP contribution in [0.25, 0.3) is 0 Å². The Morgan fingerprint density at radius 1 is 0.187 bits per heavy atom. The van der Waals surface area contributed by atoms with Gasteiger partial charge in [-0.1, -0.05) is 484 Å². The molecule has 0 fully saturated rings. The Balaban J connectivity index is 6.51. The number of carbonyl (C=O) groups is 6. The van der Waals surface area contributed by atoms with Gasteiger partial charge in [0.2, 0.25) is 11.9 Å². The molecule has 11 heteroatoms. The Hall–Kier alpha value is -2.98. The average molecular weight is 1510 g/mol. The Morgan fingerprint density at radius 2 is 0.355 bits per heavy atom. The first-order chi connectivity index (χ1) is 52.6. The molecule has 0 aliphatic carbocycles.